The minimum Gasteiger partial charge on any atom is -0.508 e. The number of aromatic hydroxyl groups is 1. The maximum absolute atomic E-state index is 15.1. The van der Waals surface area contributed by atoms with Gasteiger partial charge < -0.3 is 128 Å². The van der Waals surface area contributed by atoms with E-state index in [1.54, 1.807) is 49.8 Å². The summed E-state index contributed by atoms with van der Waals surface area (Å²) in [6.07, 6.45) is 3.94. The number of nitrogens with two attached hydrogens (primary N) is 4. The highest BCUT2D eigenvalue weighted by Gasteiger charge is 2.39. The number of nitrogens with one attached hydrogen (secondary N) is 19. The maximum Gasteiger partial charge on any atom is 0.305 e. The van der Waals surface area contributed by atoms with Crippen molar-refractivity contribution in [1.82, 2.24) is 95.0 Å². The first-order chi connectivity index (χ1) is 56.6. The average molecular weight is 1740 g/mol. The number of thioether (sulfide) groups is 2. The number of hydrogen-bond acceptors (Lipinski definition) is 26. The minimum absolute atomic E-state index is 0.0466. The van der Waals surface area contributed by atoms with Gasteiger partial charge in [-0.15, -0.1) is 0 Å². The third-order valence-corrected chi connectivity index (χ3v) is 21.8. The second-order valence-corrected chi connectivity index (χ2v) is 32.0. The van der Waals surface area contributed by atoms with Crippen LogP contribution in [0.2, 0.25) is 0 Å². The van der Waals surface area contributed by atoms with Crippen molar-refractivity contribution in [2.45, 2.75) is 170 Å². The summed E-state index contributed by atoms with van der Waals surface area (Å²) >= 11 is 2.61. The summed E-state index contributed by atoms with van der Waals surface area (Å²) < 4.78 is 0. The maximum atomic E-state index is 15.1. The Bertz CT molecular complexity index is 3940. The molecular formula is C72H110N24O19S4. The number of benzene rings is 2. The van der Waals surface area contributed by atoms with Crippen LogP contribution in [0.1, 0.15) is 89.0 Å². The number of aromatic amines is 1. The van der Waals surface area contributed by atoms with Gasteiger partial charge in [0.1, 0.15) is 78.3 Å². The molecule has 43 nitrogen and oxygen atoms in total. The Morgan fingerprint density at radius 1 is 0.605 bits per heavy atom. The number of phenols is 1. The number of aromatic nitrogens is 2. The quantitative estimate of drug-likeness (QED) is 0.0120. The van der Waals surface area contributed by atoms with E-state index in [9.17, 15) is 87.2 Å². The molecule has 0 bridgehead atoms. The lowest BCUT2D eigenvalue weighted by Gasteiger charge is -2.29. The van der Waals surface area contributed by atoms with Gasteiger partial charge in [0.15, 0.2) is 11.9 Å². The molecular weight excluding hydrogens is 1630 g/mol. The first-order valence-electron chi connectivity index (χ1n) is 37.8. The number of aliphatic hydroxyl groups is 1. The molecule has 0 radical (unpaired) electrons. The number of carbonyl (C=O) groups is 16. The second kappa shape index (κ2) is 53.3. The van der Waals surface area contributed by atoms with Crippen LogP contribution in [0, 0.1) is 16.7 Å². The highest BCUT2D eigenvalue weighted by molar-refractivity contribution is 8.76. The topological polar surface area (TPSA) is 707 Å². The average Bonchev–Trinajstić information content (AvgIpc) is 1.71. The largest absolute Gasteiger partial charge is 0.508 e. The summed E-state index contributed by atoms with van der Waals surface area (Å²) in [7, 11) is 1.60. The number of phenolic OH excluding ortho intramolecular Hbond substituents is 1. The van der Waals surface area contributed by atoms with E-state index in [1.807, 2.05) is 0 Å². The van der Waals surface area contributed by atoms with Gasteiger partial charge in [-0.05, 0) is 98.6 Å². The molecule has 30 N–H and O–H groups in total. The number of imidazole rings is 1. The number of guanidine groups is 2. The van der Waals surface area contributed by atoms with Crippen LogP contribution in [0.15, 0.2) is 67.1 Å². The van der Waals surface area contributed by atoms with Gasteiger partial charge in [-0.1, -0.05) is 84.3 Å². The minimum atomic E-state index is -2.00. The number of hydrogen-bond donors (Lipinski definition) is 26. The van der Waals surface area contributed by atoms with Crippen molar-refractivity contribution >= 4 is 152 Å². The number of amides is 15. The number of carbonyl (C=O) groups excluding carboxylic acids is 15. The van der Waals surface area contributed by atoms with Crippen LogP contribution in [0.3, 0.4) is 0 Å². The highest BCUT2D eigenvalue weighted by Crippen LogP contribution is 2.25. The normalized spacial score (nSPS) is 22.2. The monoisotopic (exact) mass is 1740 g/mol. The second-order valence-electron chi connectivity index (χ2n) is 27.5. The van der Waals surface area contributed by atoms with Crippen LogP contribution in [-0.4, -0.2) is 279 Å². The van der Waals surface area contributed by atoms with E-state index in [0.717, 1.165) is 21.6 Å². The zero-order chi connectivity index (χ0) is 88.3. The SMILES string of the molecule is CC[C@H](C)[C@@H]1NC(=O)[C@H](CCCNC(=N)N)NC(=O)[C@H](CC(=O)O)NC(=O)[C@H](CCSC)NC(=O)[C@H](C)NC(=O)CNC(=O)CNC(=O)[C@H](Cc2ccccc2)NC(=O)[C@H](Cc2c[nH]cn2)NC(=O)[C@@H](NC(=O)[C@@H](N)CCSC)CSSC[C@@H](C(=O)N[C@@H](Cc2ccc(O)cc2)C(=O)N[C@@H](CCCNC(=N)N)C(N)=O)NC(=O)[C@H](CO)NC1=O. The van der Waals surface area contributed by atoms with Crippen molar-refractivity contribution < 1.29 is 92.0 Å². The Balaban J connectivity index is 1.92. The summed E-state index contributed by atoms with van der Waals surface area (Å²) in [5.41, 5.74) is 24.1. The molecule has 15 amide bonds. The van der Waals surface area contributed by atoms with Gasteiger partial charge in [-0.2, -0.15) is 23.5 Å². The van der Waals surface area contributed by atoms with E-state index in [-0.39, 0.29) is 100 Å². The highest BCUT2D eigenvalue weighted by atomic mass is 33.1. The van der Waals surface area contributed by atoms with Crippen molar-refractivity contribution in [3.05, 3.63) is 83.9 Å². The number of primary amides is 1. The molecule has 1 fully saturated rings. The molecule has 0 spiro atoms. The molecule has 1 aromatic heterocycles. The van der Waals surface area contributed by atoms with E-state index in [0.29, 0.717) is 16.9 Å². The third kappa shape index (κ3) is 37.5. The van der Waals surface area contributed by atoms with Gasteiger partial charge in [0.25, 0.3) is 0 Å². The van der Waals surface area contributed by atoms with Gasteiger partial charge in [0, 0.05) is 50.1 Å². The van der Waals surface area contributed by atoms with E-state index in [4.69, 9.17) is 33.8 Å². The number of rotatable bonds is 32. The van der Waals surface area contributed by atoms with E-state index < -0.39 is 223 Å². The van der Waals surface area contributed by atoms with Crippen LogP contribution >= 0.6 is 45.1 Å². The summed E-state index contributed by atoms with van der Waals surface area (Å²) in [5, 5.41) is 86.3. The first kappa shape index (κ1) is 100. The Kier molecular flexibility index (Phi) is 44.9. The number of carboxylic acid groups (broad SMARTS) is 1. The van der Waals surface area contributed by atoms with E-state index in [2.05, 4.69) is 95.0 Å². The van der Waals surface area contributed by atoms with Crippen molar-refractivity contribution in [1.29, 1.82) is 10.8 Å². The zero-order valence-electron chi connectivity index (χ0n) is 66.3. The van der Waals surface area contributed by atoms with Crippen LogP contribution in [0.25, 0.3) is 0 Å². The first-order valence-corrected chi connectivity index (χ1v) is 43.1. The van der Waals surface area contributed by atoms with E-state index >= 15 is 4.79 Å². The molecule has 656 valence electrons. The molecule has 47 heteroatoms. The van der Waals surface area contributed by atoms with Gasteiger partial charge in [-0.3, -0.25) is 87.5 Å². The number of carboxylic acids is 1. The number of H-pyrrole nitrogens is 1. The summed E-state index contributed by atoms with van der Waals surface area (Å²) in [6.45, 7) is 1.61. The molecule has 0 saturated carbocycles. The predicted molar refractivity (Wildman–Crippen MR) is 444 cm³/mol. The molecule has 0 unspecified atom stereocenters. The van der Waals surface area contributed by atoms with Crippen LogP contribution in [-0.2, 0) is 96.0 Å². The Morgan fingerprint density at radius 2 is 1.18 bits per heavy atom. The van der Waals surface area contributed by atoms with Crippen molar-refractivity contribution in [3.8, 4) is 5.75 Å². The number of aliphatic carboxylic acids is 1. The molecule has 4 rings (SSSR count). The van der Waals surface area contributed by atoms with Gasteiger partial charge in [-0.25, -0.2) is 4.98 Å². The van der Waals surface area contributed by atoms with Crippen LogP contribution in [0.4, 0.5) is 0 Å². The summed E-state index contributed by atoms with van der Waals surface area (Å²) in [6, 6.07) is -7.30. The third-order valence-electron chi connectivity index (χ3n) is 18.1. The Morgan fingerprint density at radius 3 is 1.80 bits per heavy atom. The molecule has 2 heterocycles. The van der Waals surface area contributed by atoms with Crippen molar-refractivity contribution in [2.24, 2.45) is 28.9 Å². The molecule has 0 aliphatic carbocycles. The zero-order valence-corrected chi connectivity index (χ0v) is 69.6. The fourth-order valence-corrected chi connectivity index (χ4v) is 14.5. The molecule has 1 saturated heterocycles. The molecule has 14 atom stereocenters. The van der Waals surface area contributed by atoms with Gasteiger partial charge in [0.2, 0.25) is 88.6 Å². The molecule has 119 heavy (non-hydrogen) atoms. The van der Waals surface area contributed by atoms with Crippen LogP contribution in [0.5, 0.6) is 5.75 Å². The van der Waals surface area contributed by atoms with Gasteiger partial charge >= 0.3 is 5.97 Å². The lowest BCUT2D eigenvalue weighted by molar-refractivity contribution is -0.141. The Hall–Kier alpha value is -11.2. The summed E-state index contributed by atoms with van der Waals surface area (Å²) in [5.74, 6) is -19.4. The van der Waals surface area contributed by atoms with Gasteiger partial charge in [0.05, 0.1) is 44.2 Å². The van der Waals surface area contributed by atoms with Crippen LogP contribution < -0.4 is 108 Å². The van der Waals surface area contributed by atoms with Crippen molar-refractivity contribution in [3.63, 3.8) is 0 Å². The lowest BCUT2D eigenvalue weighted by Crippen LogP contribution is -2.62. The molecule has 3 aromatic rings. The molecule has 2 aromatic carbocycles. The number of nitrogens with zero attached hydrogens (tertiary/aromatic N) is 1. The standard InChI is InChI=1S/C72H110N24O19S4/c1-6-37(2)57-70(115)93-51(33-97)67(112)95-53(69(114)90-48(27-40-16-18-42(98)19-17-40)64(109)86-44(58(74)103)14-10-22-80-71(75)76)35-119-118-34-52(94-60(105)43(73)20-24-116-4)68(113)91-49(28-41-30-79-36-84-41)65(110)89-47(26-39-12-8-7-9-13-39)61(106)83-31-54(99)82-32-55(100)85-38(3)59(104)87-46(21-25-117-5)62(107)92-50(29-56(101)102)66(111)88-45(63(108)96-57)15-11-23-81-72(77)78/h7-9,12-13,16-19,30,36-38,43-53,57,97-98H,6,10-11,14-15,20-29,31-35,73H2,1-5H3,(H2,74,103)(H,79,84)(H,82,99)(H,83,106)(H,85,100)(H,86,109)(H,87,104)(H,88,111)(H,89,110)(H,90,114)(H,91,113)(H,92,107)(H,93,115)(H,94,105)(H,95,112)(H,96,108)(H,101,102)(H4,75,76,80)(H4,77,78,81)/t37-,38-,43-,44-,45-,46-,47-,48-,49-,50-,51-,52-,53-,57-/m0/s1. The predicted octanol–water partition coefficient (Wildman–Crippen LogP) is -7.03. The fraction of sp³-hybridized carbons (Fsp3) is 0.542. The molecule has 1 aliphatic heterocycles. The summed E-state index contributed by atoms with van der Waals surface area (Å²) in [4.78, 5) is 233. The lowest BCUT2D eigenvalue weighted by atomic mass is 9.97. The smallest absolute Gasteiger partial charge is 0.305 e. The fourth-order valence-electron chi connectivity index (χ4n) is 11.2. The number of aliphatic hydroxyl groups excluding tert-OH is 1. The van der Waals surface area contributed by atoms with E-state index in [1.165, 1.54) is 74.2 Å². The molecule has 1 aliphatic rings. The van der Waals surface area contributed by atoms with Crippen molar-refractivity contribution in [2.75, 3.05) is 68.3 Å². The Labute approximate surface area is 702 Å².